The summed E-state index contributed by atoms with van der Waals surface area (Å²) < 4.78 is 0. The minimum Gasteiger partial charge on any atom is -0.254 e. The summed E-state index contributed by atoms with van der Waals surface area (Å²) in [7, 11) is 0. The highest BCUT2D eigenvalue weighted by Gasteiger charge is 2.17. The van der Waals surface area contributed by atoms with E-state index in [0.29, 0.717) is 5.82 Å². The number of fused-ring (bicyclic) bond motifs is 6. The molecule has 40 heavy (non-hydrogen) atoms. The summed E-state index contributed by atoms with van der Waals surface area (Å²) in [6, 6.07) is 41.0. The minimum absolute atomic E-state index is 0.582. The van der Waals surface area contributed by atoms with Gasteiger partial charge in [0.05, 0.1) is 33.5 Å². The molecule has 0 saturated heterocycles. The number of nitrogens with zero attached hydrogens (tertiary/aromatic N) is 5. The van der Waals surface area contributed by atoms with Gasteiger partial charge in [-0.3, -0.25) is 4.98 Å². The topological polar surface area (TPSA) is 64.5 Å². The number of rotatable bonds is 3. The Morgan fingerprint density at radius 3 is 1.80 bits per heavy atom. The number of aromatic nitrogens is 5. The molecule has 4 heterocycles. The number of pyridine rings is 3. The van der Waals surface area contributed by atoms with Gasteiger partial charge in [-0.2, -0.15) is 0 Å². The van der Waals surface area contributed by atoms with Crippen molar-refractivity contribution in [2.45, 2.75) is 0 Å². The molecular formula is C35H21N5. The molecular weight excluding hydrogens is 490 g/mol. The molecule has 4 aromatic heterocycles. The Kier molecular flexibility index (Phi) is 5.07. The molecule has 0 aliphatic heterocycles. The average molecular weight is 512 g/mol. The molecule has 0 bridgehead atoms. The fraction of sp³-hybridized carbons (Fsp3) is 0. The summed E-state index contributed by atoms with van der Waals surface area (Å²) in [5, 5.41) is 4.03. The monoisotopic (exact) mass is 511 g/mol. The Hall–Kier alpha value is -5.55. The summed E-state index contributed by atoms with van der Waals surface area (Å²) in [6.07, 6.45) is 1.81. The summed E-state index contributed by atoms with van der Waals surface area (Å²) in [5.41, 5.74) is 7.90. The Morgan fingerprint density at radius 2 is 1.07 bits per heavy atom. The van der Waals surface area contributed by atoms with Crippen molar-refractivity contribution in [3.8, 4) is 34.0 Å². The third-order valence-corrected chi connectivity index (χ3v) is 7.28. The van der Waals surface area contributed by atoms with Crippen LogP contribution in [-0.4, -0.2) is 24.9 Å². The normalized spacial score (nSPS) is 11.5. The van der Waals surface area contributed by atoms with E-state index in [9.17, 15) is 0 Å². The van der Waals surface area contributed by atoms with Crippen molar-refractivity contribution >= 4 is 43.6 Å². The Labute approximate surface area is 229 Å². The predicted octanol–water partition coefficient (Wildman–Crippen LogP) is 8.28. The van der Waals surface area contributed by atoms with Crippen molar-refractivity contribution in [1.29, 1.82) is 0 Å². The zero-order chi connectivity index (χ0) is 26.5. The summed E-state index contributed by atoms with van der Waals surface area (Å²) >= 11 is 0. The van der Waals surface area contributed by atoms with Crippen LogP contribution in [0.3, 0.4) is 0 Å². The highest BCUT2D eigenvalue weighted by atomic mass is 14.9. The molecule has 0 N–H and O–H groups in total. The van der Waals surface area contributed by atoms with Gasteiger partial charge in [0.2, 0.25) is 0 Å². The van der Waals surface area contributed by atoms with Crippen molar-refractivity contribution in [2.75, 3.05) is 0 Å². The van der Waals surface area contributed by atoms with Gasteiger partial charge in [0.1, 0.15) is 5.69 Å². The van der Waals surface area contributed by atoms with E-state index in [1.165, 1.54) is 0 Å². The molecule has 0 saturated carbocycles. The number of hydrogen-bond acceptors (Lipinski definition) is 5. The van der Waals surface area contributed by atoms with Crippen molar-refractivity contribution in [3.63, 3.8) is 0 Å². The van der Waals surface area contributed by atoms with Crippen LogP contribution in [-0.2, 0) is 0 Å². The van der Waals surface area contributed by atoms with Crippen LogP contribution in [0, 0.1) is 0 Å². The van der Waals surface area contributed by atoms with E-state index in [2.05, 4.69) is 65.6 Å². The van der Waals surface area contributed by atoms with Gasteiger partial charge in [-0.1, -0.05) is 103 Å². The maximum absolute atomic E-state index is 5.17. The molecule has 0 aliphatic carbocycles. The Balaban J connectivity index is 1.44. The van der Waals surface area contributed by atoms with Gasteiger partial charge < -0.3 is 0 Å². The molecule has 8 aromatic rings. The van der Waals surface area contributed by atoms with Crippen LogP contribution in [0.5, 0.6) is 0 Å². The van der Waals surface area contributed by atoms with Crippen LogP contribution < -0.4 is 0 Å². The lowest BCUT2D eigenvalue weighted by molar-refractivity contribution is 1.16. The zero-order valence-electron chi connectivity index (χ0n) is 21.4. The Bertz CT molecular complexity index is 2150. The fourth-order valence-electron chi connectivity index (χ4n) is 5.36. The third-order valence-electron chi connectivity index (χ3n) is 7.28. The smallest absolute Gasteiger partial charge is 0.179 e. The minimum atomic E-state index is 0.582. The fourth-order valence-corrected chi connectivity index (χ4v) is 5.36. The maximum atomic E-state index is 5.17. The summed E-state index contributed by atoms with van der Waals surface area (Å²) in [4.78, 5) is 25.0. The van der Waals surface area contributed by atoms with Crippen LogP contribution in [0.1, 0.15) is 0 Å². The predicted molar refractivity (Wildman–Crippen MR) is 162 cm³/mol. The maximum Gasteiger partial charge on any atom is 0.179 e. The van der Waals surface area contributed by atoms with Gasteiger partial charge >= 0.3 is 0 Å². The molecule has 4 aromatic carbocycles. The van der Waals surface area contributed by atoms with Crippen LogP contribution >= 0.6 is 0 Å². The van der Waals surface area contributed by atoms with Crippen LogP contribution in [0.2, 0.25) is 0 Å². The molecule has 8 rings (SSSR count). The van der Waals surface area contributed by atoms with Crippen molar-refractivity contribution in [1.82, 2.24) is 24.9 Å². The van der Waals surface area contributed by atoms with E-state index in [0.717, 1.165) is 71.8 Å². The van der Waals surface area contributed by atoms with Gasteiger partial charge in [0.15, 0.2) is 5.82 Å². The van der Waals surface area contributed by atoms with Crippen molar-refractivity contribution in [3.05, 3.63) is 128 Å². The third kappa shape index (κ3) is 3.68. The van der Waals surface area contributed by atoms with Crippen molar-refractivity contribution in [2.24, 2.45) is 0 Å². The van der Waals surface area contributed by atoms with E-state index >= 15 is 0 Å². The van der Waals surface area contributed by atoms with Gasteiger partial charge in [-0.15, -0.1) is 0 Å². The summed E-state index contributed by atoms with van der Waals surface area (Å²) in [6.45, 7) is 0. The lowest BCUT2D eigenvalue weighted by Crippen LogP contribution is -1.99. The molecule has 5 nitrogen and oxygen atoms in total. The van der Waals surface area contributed by atoms with E-state index in [1.807, 2.05) is 66.9 Å². The second kappa shape index (κ2) is 9.03. The summed E-state index contributed by atoms with van der Waals surface area (Å²) in [5.74, 6) is 0.582. The second-order valence-electron chi connectivity index (χ2n) is 9.77. The number of hydrogen-bond donors (Lipinski definition) is 0. The zero-order valence-corrected chi connectivity index (χ0v) is 21.4. The molecule has 186 valence electrons. The highest BCUT2D eigenvalue weighted by molar-refractivity contribution is 6.13. The lowest BCUT2D eigenvalue weighted by Gasteiger charge is -2.12. The molecule has 0 atom stereocenters. The average Bonchev–Trinajstić information content (AvgIpc) is 3.04. The molecule has 0 aliphatic rings. The first kappa shape index (κ1) is 22.4. The first-order valence-electron chi connectivity index (χ1n) is 13.2. The van der Waals surface area contributed by atoms with E-state index in [-0.39, 0.29) is 0 Å². The van der Waals surface area contributed by atoms with Gasteiger partial charge in [-0.05, 0) is 18.2 Å². The standard InChI is InChI=1S/C35H21N5/c1-3-10-22(11-4-1)28-21-29(23-12-5-2-6-13-23)39-35(38-28)34-27-16-8-7-15-26(27)33-30(37-34)20-25-18-17-24-14-9-19-36-31(24)32(25)40-33/h1-21H. The van der Waals surface area contributed by atoms with Crippen molar-refractivity contribution < 1.29 is 0 Å². The molecule has 0 fully saturated rings. The SMILES string of the molecule is c1ccc(-c2cc(-c3ccccc3)nc(-c3nc4cc5ccc6cccnc6c5nc4c4ccccc34)n2)cc1. The quantitative estimate of drug-likeness (QED) is 0.176. The Morgan fingerprint density at radius 1 is 0.425 bits per heavy atom. The van der Waals surface area contributed by atoms with E-state index in [1.54, 1.807) is 0 Å². The van der Waals surface area contributed by atoms with Gasteiger partial charge in [0, 0.05) is 38.9 Å². The second-order valence-corrected chi connectivity index (χ2v) is 9.77. The first-order valence-corrected chi connectivity index (χ1v) is 13.2. The highest BCUT2D eigenvalue weighted by Crippen LogP contribution is 2.35. The van der Waals surface area contributed by atoms with Crippen LogP contribution in [0.25, 0.3) is 77.6 Å². The molecule has 5 heteroatoms. The first-order chi connectivity index (χ1) is 19.8. The lowest BCUT2D eigenvalue weighted by atomic mass is 10.0. The van der Waals surface area contributed by atoms with E-state index < -0.39 is 0 Å². The van der Waals surface area contributed by atoms with Gasteiger partial charge in [0.25, 0.3) is 0 Å². The largest absolute Gasteiger partial charge is 0.254 e. The molecule has 0 spiro atoms. The molecule has 0 radical (unpaired) electrons. The number of benzene rings is 4. The molecule has 0 amide bonds. The molecule has 0 unspecified atom stereocenters. The van der Waals surface area contributed by atoms with Crippen LogP contribution in [0.4, 0.5) is 0 Å². The van der Waals surface area contributed by atoms with Gasteiger partial charge in [-0.25, -0.2) is 19.9 Å². The van der Waals surface area contributed by atoms with Crippen LogP contribution in [0.15, 0.2) is 128 Å². The van der Waals surface area contributed by atoms with E-state index in [4.69, 9.17) is 19.9 Å².